The second-order valence-electron chi connectivity index (χ2n) is 5.99. The molecule has 0 aliphatic carbocycles. The Labute approximate surface area is 141 Å². The molecule has 3 rings (SSSR count). The van der Waals surface area contributed by atoms with Crippen molar-refractivity contribution in [2.24, 2.45) is 0 Å². The minimum atomic E-state index is -0.362. The highest BCUT2D eigenvalue weighted by molar-refractivity contribution is 5.36. The summed E-state index contributed by atoms with van der Waals surface area (Å²) in [4.78, 5) is 8.33. The topological polar surface area (TPSA) is 54.4 Å². The van der Waals surface area contributed by atoms with Crippen LogP contribution in [0.5, 0.6) is 5.88 Å². The van der Waals surface area contributed by atoms with Gasteiger partial charge in [0, 0.05) is 50.7 Å². The predicted molar refractivity (Wildman–Crippen MR) is 89.5 cm³/mol. The smallest absolute Gasteiger partial charge is 0.250 e. The molecular weight excluding hydrogens is 309 g/mol. The Hall–Kier alpha value is -2.28. The zero-order chi connectivity index (χ0) is 16.9. The molecule has 0 amide bonds. The van der Waals surface area contributed by atoms with E-state index < -0.39 is 0 Å². The maximum Gasteiger partial charge on any atom is 0.250 e. The lowest BCUT2D eigenvalue weighted by Gasteiger charge is -2.37. The van der Waals surface area contributed by atoms with E-state index in [-0.39, 0.29) is 11.7 Å². The number of rotatable bonds is 5. The van der Waals surface area contributed by atoms with E-state index in [0.29, 0.717) is 18.2 Å². The maximum absolute atomic E-state index is 14.2. The van der Waals surface area contributed by atoms with Crippen LogP contribution in [0.2, 0.25) is 0 Å². The molecule has 1 aliphatic heterocycles. The average molecular weight is 331 g/mol. The Kier molecular flexibility index (Phi) is 5.20. The van der Waals surface area contributed by atoms with Gasteiger partial charge in [0.25, 0.3) is 0 Å². The number of piperidine rings is 1. The van der Waals surface area contributed by atoms with Gasteiger partial charge in [-0.3, -0.25) is 4.90 Å². The number of methoxy groups -OCH3 is 1. The number of ether oxygens (including phenoxy) is 1. The molecule has 0 bridgehead atoms. The number of anilines is 1. The van der Waals surface area contributed by atoms with E-state index in [1.807, 2.05) is 12.1 Å². The molecule has 0 unspecified atom stereocenters. The first kappa shape index (κ1) is 16.6. The van der Waals surface area contributed by atoms with Crippen LogP contribution in [0.1, 0.15) is 18.4 Å². The van der Waals surface area contributed by atoms with Crippen LogP contribution in [0.4, 0.5) is 10.2 Å². The Morgan fingerprint density at radius 2 is 2.08 bits per heavy atom. The van der Waals surface area contributed by atoms with Gasteiger partial charge >= 0.3 is 0 Å². The lowest BCUT2D eigenvalue weighted by atomic mass is 10.0. The first-order chi connectivity index (χ1) is 11.7. The lowest BCUT2D eigenvalue weighted by molar-refractivity contribution is 0.200. The fraction of sp³-hybridized carbons (Fsp3) is 0.471. The predicted octanol–water partition coefficient (Wildman–Crippen LogP) is 2.12. The van der Waals surface area contributed by atoms with Gasteiger partial charge in [-0.25, -0.2) is 9.37 Å². The van der Waals surface area contributed by atoms with Crippen LogP contribution in [0.15, 0.2) is 30.6 Å². The van der Waals surface area contributed by atoms with Crippen LogP contribution in [0.25, 0.3) is 0 Å². The Bertz CT molecular complexity index is 661. The fourth-order valence-corrected chi connectivity index (χ4v) is 3.10. The Balaban J connectivity index is 1.58. The summed E-state index contributed by atoms with van der Waals surface area (Å²) in [7, 11) is 3.49. The first-order valence-corrected chi connectivity index (χ1v) is 8.09. The van der Waals surface area contributed by atoms with Gasteiger partial charge in [-0.05, 0) is 31.0 Å². The number of likely N-dealkylation sites (tertiary alicyclic amines) is 1. The van der Waals surface area contributed by atoms with Gasteiger partial charge in [-0.1, -0.05) is 0 Å². The quantitative estimate of drug-likeness (QED) is 0.836. The van der Waals surface area contributed by atoms with E-state index in [2.05, 4.69) is 32.0 Å². The molecule has 6 nitrogen and oxygen atoms in total. The molecule has 0 saturated carbocycles. The van der Waals surface area contributed by atoms with E-state index in [0.717, 1.165) is 31.7 Å². The second kappa shape index (κ2) is 7.53. The van der Waals surface area contributed by atoms with Gasteiger partial charge in [0.05, 0.1) is 7.11 Å². The molecule has 0 aromatic carbocycles. The van der Waals surface area contributed by atoms with Crippen molar-refractivity contribution in [2.45, 2.75) is 25.4 Å². The number of nitrogens with zero attached hydrogens (tertiary/aromatic N) is 5. The molecule has 1 fully saturated rings. The molecule has 0 N–H and O–H groups in total. The van der Waals surface area contributed by atoms with Crippen LogP contribution >= 0.6 is 0 Å². The van der Waals surface area contributed by atoms with Crippen LogP contribution in [-0.2, 0) is 6.54 Å². The minimum Gasteiger partial charge on any atom is -0.479 e. The molecule has 128 valence electrons. The van der Waals surface area contributed by atoms with Gasteiger partial charge in [0.1, 0.15) is 0 Å². The summed E-state index contributed by atoms with van der Waals surface area (Å²) in [5, 5.41) is 8.10. The van der Waals surface area contributed by atoms with Gasteiger partial charge in [-0.2, -0.15) is 5.10 Å². The number of hydrogen-bond donors (Lipinski definition) is 0. The highest BCUT2D eigenvalue weighted by Crippen LogP contribution is 2.23. The molecule has 1 aliphatic rings. The summed E-state index contributed by atoms with van der Waals surface area (Å²) in [5.41, 5.74) is 0.627. The standard InChI is InChI=1S/C17H22FN5O/c1-22(15-4-3-8-20-21-15)14-6-10-23(11-7-14)12-13-5-9-19-17(24-2)16(13)18/h3-5,8-9,14H,6-7,10-12H2,1-2H3. The first-order valence-electron chi connectivity index (χ1n) is 8.09. The average Bonchev–Trinajstić information content (AvgIpc) is 2.64. The van der Waals surface area contributed by atoms with Crippen molar-refractivity contribution in [3.05, 3.63) is 42.0 Å². The highest BCUT2D eigenvalue weighted by Gasteiger charge is 2.24. The van der Waals surface area contributed by atoms with Gasteiger partial charge in [0.2, 0.25) is 5.88 Å². The monoisotopic (exact) mass is 331 g/mol. The SMILES string of the molecule is COc1nccc(CN2CCC(N(C)c3cccnn3)CC2)c1F. The summed E-state index contributed by atoms with van der Waals surface area (Å²) >= 11 is 0. The second-order valence-corrected chi connectivity index (χ2v) is 5.99. The summed E-state index contributed by atoms with van der Waals surface area (Å²) in [5.74, 6) is 0.587. The molecule has 0 spiro atoms. The highest BCUT2D eigenvalue weighted by atomic mass is 19.1. The van der Waals surface area contributed by atoms with E-state index in [1.54, 1.807) is 18.5 Å². The van der Waals surface area contributed by atoms with Gasteiger partial charge in [-0.15, -0.1) is 5.10 Å². The van der Waals surface area contributed by atoms with Crippen molar-refractivity contribution in [2.75, 3.05) is 32.1 Å². The molecule has 7 heteroatoms. The summed E-state index contributed by atoms with van der Waals surface area (Å²) < 4.78 is 19.2. The summed E-state index contributed by atoms with van der Waals surface area (Å²) in [6.45, 7) is 2.41. The number of pyridine rings is 1. The van der Waals surface area contributed by atoms with Crippen molar-refractivity contribution in [1.82, 2.24) is 20.1 Å². The molecule has 0 radical (unpaired) electrons. The molecule has 24 heavy (non-hydrogen) atoms. The molecule has 2 aromatic heterocycles. The zero-order valence-electron chi connectivity index (χ0n) is 14.0. The van der Waals surface area contributed by atoms with E-state index in [1.165, 1.54) is 7.11 Å². The van der Waals surface area contributed by atoms with Crippen molar-refractivity contribution >= 4 is 5.82 Å². The van der Waals surface area contributed by atoms with E-state index in [4.69, 9.17) is 4.74 Å². The molecule has 3 heterocycles. The van der Waals surface area contributed by atoms with E-state index in [9.17, 15) is 4.39 Å². The number of aromatic nitrogens is 3. The summed E-state index contributed by atoms with van der Waals surface area (Å²) in [6.07, 6.45) is 5.29. The van der Waals surface area contributed by atoms with Gasteiger partial charge in [0.15, 0.2) is 11.6 Å². The lowest BCUT2D eigenvalue weighted by Crippen LogP contribution is -2.43. The van der Waals surface area contributed by atoms with Gasteiger partial charge < -0.3 is 9.64 Å². The van der Waals surface area contributed by atoms with Crippen LogP contribution in [0, 0.1) is 5.82 Å². The summed E-state index contributed by atoms with van der Waals surface area (Å²) in [6, 6.07) is 6.01. The Morgan fingerprint density at radius 1 is 1.29 bits per heavy atom. The van der Waals surface area contributed by atoms with Crippen LogP contribution in [0.3, 0.4) is 0 Å². The molecule has 0 atom stereocenters. The zero-order valence-corrected chi connectivity index (χ0v) is 14.0. The normalized spacial score (nSPS) is 16.1. The fourth-order valence-electron chi connectivity index (χ4n) is 3.10. The third-order valence-corrected chi connectivity index (χ3v) is 4.55. The maximum atomic E-state index is 14.2. The van der Waals surface area contributed by atoms with Crippen molar-refractivity contribution in [1.29, 1.82) is 0 Å². The van der Waals surface area contributed by atoms with Crippen LogP contribution in [-0.4, -0.2) is 53.4 Å². The van der Waals surface area contributed by atoms with Crippen LogP contribution < -0.4 is 9.64 Å². The minimum absolute atomic E-state index is 0.0600. The molecule has 2 aromatic rings. The van der Waals surface area contributed by atoms with Crippen molar-refractivity contribution in [3.63, 3.8) is 0 Å². The number of halogens is 1. The van der Waals surface area contributed by atoms with Crippen molar-refractivity contribution < 1.29 is 9.13 Å². The largest absolute Gasteiger partial charge is 0.479 e. The van der Waals surface area contributed by atoms with E-state index >= 15 is 0 Å². The third-order valence-electron chi connectivity index (χ3n) is 4.55. The molecular formula is C17H22FN5O. The van der Waals surface area contributed by atoms with Crippen molar-refractivity contribution in [3.8, 4) is 5.88 Å². The third kappa shape index (κ3) is 3.62. The number of hydrogen-bond acceptors (Lipinski definition) is 6. The Morgan fingerprint density at radius 3 is 2.75 bits per heavy atom. The molecule has 1 saturated heterocycles.